The van der Waals surface area contributed by atoms with E-state index in [1.54, 1.807) is 6.07 Å². The van der Waals surface area contributed by atoms with Crippen LogP contribution >= 0.6 is 0 Å². The number of hydrogen-bond acceptors (Lipinski definition) is 4. The molecule has 0 radical (unpaired) electrons. The average molecular weight is 266 g/mol. The van der Waals surface area contributed by atoms with Crippen LogP contribution in [0.25, 0.3) is 0 Å². The molecule has 0 saturated carbocycles. The van der Waals surface area contributed by atoms with E-state index < -0.39 is 11.6 Å². The van der Waals surface area contributed by atoms with Gasteiger partial charge in [-0.3, -0.25) is 4.79 Å². The summed E-state index contributed by atoms with van der Waals surface area (Å²) in [4.78, 5) is 22.2. The summed E-state index contributed by atoms with van der Waals surface area (Å²) in [7, 11) is 0. The van der Waals surface area contributed by atoms with E-state index in [1.807, 2.05) is 18.2 Å². The van der Waals surface area contributed by atoms with E-state index in [1.165, 1.54) is 0 Å². The molecule has 1 unspecified atom stereocenters. The number of carbonyl (C=O) groups is 2. The Bertz CT molecular complexity index is 471. The van der Waals surface area contributed by atoms with E-state index in [-0.39, 0.29) is 18.9 Å². The molecule has 0 saturated heterocycles. The third-order valence-electron chi connectivity index (χ3n) is 2.77. The van der Waals surface area contributed by atoms with Crippen LogP contribution in [0.2, 0.25) is 0 Å². The summed E-state index contributed by atoms with van der Waals surface area (Å²) < 4.78 is 0. The van der Waals surface area contributed by atoms with E-state index in [4.69, 9.17) is 10.8 Å². The number of benzene rings is 1. The number of para-hydroxylation sites is 1. The van der Waals surface area contributed by atoms with Gasteiger partial charge in [0.15, 0.2) is 5.60 Å². The van der Waals surface area contributed by atoms with Crippen LogP contribution < -0.4 is 11.1 Å². The van der Waals surface area contributed by atoms with Gasteiger partial charge in [0.05, 0.1) is 6.54 Å². The first kappa shape index (κ1) is 15.0. The van der Waals surface area contributed by atoms with Gasteiger partial charge < -0.3 is 21.3 Å². The molecule has 0 fully saturated rings. The summed E-state index contributed by atoms with van der Waals surface area (Å²) in [5.74, 6) is -1.70. The van der Waals surface area contributed by atoms with Crippen LogP contribution in [0, 0.1) is 0 Å². The number of nitrogens with one attached hydrogen (secondary N) is 1. The first-order valence-electron chi connectivity index (χ1n) is 5.89. The first-order valence-corrected chi connectivity index (χ1v) is 5.89. The summed E-state index contributed by atoms with van der Waals surface area (Å²) >= 11 is 0. The van der Waals surface area contributed by atoms with Gasteiger partial charge in [0.1, 0.15) is 0 Å². The van der Waals surface area contributed by atoms with Crippen molar-refractivity contribution in [2.75, 3.05) is 12.3 Å². The lowest BCUT2D eigenvalue weighted by atomic mass is 10.1. The summed E-state index contributed by atoms with van der Waals surface area (Å²) in [6.07, 6.45) is 0.650. The van der Waals surface area contributed by atoms with Gasteiger partial charge in [-0.05, 0) is 25.0 Å². The number of nitrogen functional groups attached to an aromatic ring is 1. The highest BCUT2D eigenvalue weighted by molar-refractivity contribution is 5.80. The maximum Gasteiger partial charge on any atom is 0.337 e. The number of rotatable bonds is 6. The Labute approximate surface area is 111 Å². The van der Waals surface area contributed by atoms with Crippen molar-refractivity contribution in [1.29, 1.82) is 0 Å². The zero-order valence-corrected chi connectivity index (χ0v) is 10.7. The summed E-state index contributed by atoms with van der Waals surface area (Å²) in [5.41, 5.74) is 5.27. The molecule has 0 bridgehead atoms. The van der Waals surface area contributed by atoms with E-state index in [2.05, 4.69) is 5.32 Å². The van der Waals surface area contributed by atoms with E-state index in [0.29, 0.717) is 12.1 Å². The minimum atomic E-state index is -1.96. The Kier molecular flexibility index (Phi) is 4.88. The van der Waals surface area contributed by atoms with Crippen molar-refractivity contribution in [3.63, 3.8) is 0 Å². The van der Waals surface area contributed by atoms with Crippen molar-refractivity contribution >= 4 is 17.6 Å². The largest absolute Gasteiger partial charge is 0.479 e. The third-order valence-corrected chi connectivity index (χ3v) is 2.77. The molecule has 104 valence electrons. The van der Waals surface area contributed by atoms with Gasteiger partial charge in [-0.2, -0.15) is 0 Å². The summed E-state index contributed by atoms with van der Waals surface area (Å²) in [5, 5.41) is 20.5. The molecule has 1 atom stereocenters. The van der Waals surface area contributed by atoms with Crippen LogP contribution in [0.1, 0.15) is 18.9 Å². The molecule has 0 aliphatic rings. The van der Waals surface area contributed by atoms with Crippen LogP contribution in [0.5, 0.6) is 0 Å². The Balaban J connectivity index is 2.41. The molecule has 0 aliphatic carbocycles. The normalized spacial score (nSPS) is 13.6. The predicted octanol–water partition coefficient (Wildman–Crippen LogP) is 0.153. The zero-order chi connectivity index (χ0) is 14.5. The fourth-order valence-corrected chi connectivity index (χ4v) is 1.44. The second kappa shape index (κ2) is 6.19. The van der Waals surface area contributed by atoms with Crippen LogP contribution in [0.15, 0.2) is 24.3 Å². The van der Waals surface area contributed by atoms with Crippen LogP contribution in [-0.4, -0.2) is 34.2 Å². The number of carboxylic acid groups (broad SMARTS) is 1. The van der Waals surface area contributed by atoms with E-state index in [0.717, 1.165) is 12.5 Å². The SMILES string of the molecule is CC(O)(CNC(=O)CCc1ccccc1N)C(=O)O. The number of aliphatic hydroxyl groups is 1. The second-order valence-corrected chi connectivity index (χ2v) is 4.55. The maximum absolute atomic E-state index is 11.5. The number of aliphatic carboxylic acids is 1. The number of aryl methyl sites for hydroxylation is 1. The van der Waals surface area contributed by atoms with Crippen molar-refractivity contribution in [3.8, 4) is 0 Å². The fraction of sp³-hybridized carbons (Fsp3) is 0.385. The Hall–Kier alpha value is -2.08. The topological polar surface area (TPSA) is 113 Å². The first-order chi connectivity index (χ1) is 8.83. The molecule has 0 aromatic heterocycles. The van der Waals surface area contributed by atoms with Gasteiger partial charge in [0.25, 0.3) is 0 Å². The van der Waals surface area contributed by atoms with Crippen molar-refractivity contribution in [3.05, 3.63) is 29.8 Å². The van der Waals surface area contributed by atoms with Crippen molar-refractivity contribution in [1.82, 2.24) is 5.32 Å². The van der Waals surface area contributed by atoms with Crippen LogP contribution in [-0.2, 0) is 16.0 Å². The molecule has 1 aromatic rings. The van der Waals surface area contributed by atoms with Gasteiger partial charge in [0.2, 0.25) is 5.91 Å². The molecule has 0 aliphatic heterocycles. The maximum atomic E-state index is 11.5. The molecular formula is C13H18N2O4. The quantitative estimate of drug-likeness (QED) is 0.548. The smallest absolute Gasteiger partial charge is 0.337 e. The molecular weight excluding hydrogens is 248 g/mol. The van der Waals surface area contributed by atoms with Crippen molar-refractivity contribution < 1.29 is 19.8 Å². The molecule has 6 nitrogen and oxygen atoms in total. The standard InChI is InChI=1S/C13H18N2O4/c1-13(19,12(17)18)8-15-11(16)7-6-9-4-2-3-5-10(9)14/h2-5,19H,6-8,14H2,1H3,(H,15,16)(H,17,18). The summed E-state index contributed by atoms with van der Waals surface area (Å²) in [6, 6.07) is 7.22. The number of carboxylic acids is 1. The molecule has 0 spiro atoms. The lowest BCUT2D eigenvalue weighted by Crippen LogP contribution is -2.46. The Morgan fingerprint density at radius 1 is 1.37 bits per heavy atom. The number of amides is 1. The van der Waals surface area contributed by atoms with Gasteiger partial charge in [-0.1, -0.05) is 18.2 Å². The van der Waals surface area contributed by atoms with Gasteiger partial charge >= 0.3 is 5.97 Å². The van der Waals surface area contributed by atoms with Crippen LogP contribution in [0.4, 0.5) is 5.69 Å². The van der Waals surface area contributed by atoms with Crippen LogP contribution in [0.3, 0.4) is 0 Å². The highest BCUT2D eigenvalue weighted by atomic mass is 16.4. The highest BCUT2D eigenvalue weighted by Crippen LogP contribution is 2.12. The molecule has 6 heteroatoms. The van der Waals surface area contributed by atoms with Gasteiger partial charge in [-0.15, -0.1) is 0 Å². The third kappa shape index (κ3) is 4.59. The number of carbonyl (C=O) groups excluding carboxylic acids is 1. The Morgan fingerprint density at radius 2 is 2.00 bits per heavy atom. The lowest BCUT2D eigenvalue weighted by Gasteiger charge is -2.18. The fourth-order valence-electron chi connectivity index (χ4n) is 1.44. The number of nitrogens with two attached hydrogens (primary N) is 1. The lowest BCUT2D eigenvalue weighted by molar-refractivity contribution is -0.156. The van der Waals surface area contributed by atoms with Gasteiger partial charge in [0, 0.05) is 12.1 Å². The van der Waals surface area contributed by atoms with E-state index in [9.17, 15) is 14.7 Å². The molecule has 1 amide bonds. The molecule has 1 rings (SSSR count). The Morgan fingerprint density at radius 3 is 2.58 bits per heavy atom. The minimum Gasteiger partial charge on any atom is -0.479 e. The monoisotopic (exact) mass is 266 g/mol. The molecule has 5 N–H and O–H groups in total. The van der Waals surface area contributed by atoms with Crippen molar-refractivity contribution in [2.24, 2.45) is 0 Å². The zero-order valence-electron chi connectivity index (χ0n) is 10.7. The van der Waals surface area contributed by atoms with Crippen molar-refractivity contribution in [2.45, 2.75) is 25.4 Å². The molecule has 0 heterocycles. The summed E-state index contributed by atoms with van der Waals surface area (Å²) in [6.45, 7) is 0.802. The number of hydrogen-bond donors (Lipinski definition) is 4. The average Bonchev–Trinajstić information content (AvgIpc) is 2.35. The minimum absolute atomic E-state index is 0.184. The predicted molar refractivity (Wildman–Crippen MR) is 70.4 cm³/mol. The highest BCUT2D eigenvalue weighted by Gasteiger charge is 2.30. The van der Waals surface area contributed by atoms with E-state index >= 15 is 0 Å². The molecule has 1 aromatic carbocycles. The second-order valence-electron chi connectivity index (χ2n) is 4.55. The number of anilines is 1. The molecule has 19 heavy (non-hydrogen) atoms. The van der Waals surface area contributed by atoms with Gasteiger partial charge in [-0.25, -0.2) is 4.79 Å².